The highest BCUT2D eigenvalue weighted by Gasteiger charge is 2.39. The van der Waals surface area contributed by atoms with Gasteiger partial charge in [-0.25, -0.2) is 0 Å². The second-order valence-corrected chi connectivity index (χ2v) is 7.42. The van der Waals surface area contributed by atoms with E-state index < -0.39 is 18.3 Å². The normalized spacial score (nSPS) is 17.4. The summed E-state index contributed by atoms with van der Waals surface area (Å²) >= 11 is 0. The van der Waals surface area contributed by atoms with Crippen molar-refractivity contribution in [2.45, 2.75) is 38.9 Å². The highest BCUT2D eigenvalue weighted by Crippen LogP contribution is 2.25. The molecule has 1 aromatic carbocycles. The Kier molecular flexibility index (Phi) is 5.41. The molecule has 1 fully saturated rings. The molecule has 0 amide bonds. The van der Waals surface area contributed by atoms with Crippen LogP contribution in [-0.2, 0) is 4.65 Å². The van der Waals surface area contributed by atoms with Crippen LogP contribution >= 0.6 is 0 Å². The first kappa shape index (κ1) is 18.3. The summed E-state index contributed by atoms with van der Waals surface area (Å²) < 4.78 is 5.73. The number of rotatable bonds is 5. The average molecular weight is 320 g/mol. The Morgan fingerprint density at radius 2 is 1.70 bits per heavy atom. The summed E-state index contributed by atoms with van der Waals surface area (Å²) in [5.74, 6) is 0. The molecular formula is C17H29BN2O3. The van der Waals surface area contributed by atoms with Crippen LogP contribution in [0.5, 0.6) is 0 Å². The van der Waals surface area contributed by atoms with E-state index in [0.29, 0.717) is 5.46 Å². The predicted molar refractivity (Wildman–Crippen MR) is 95.2 cm³/mol. The molecule has 0 spiro atoms. The maximum absolute atomic E-state index is 10.4. The lowest BCUT2D eigenvalue weighted by Crippen LogP contribution is -2.53. The van der Waals surface area contributed by atoms with E-state index in [-0.39, 0.29) is 0 Å². The predicted octanol–water partition coefficient (Wildman–Crippen LogP) is 0.692. The van der Waals surface area contributed by atoms with Crippen LogP contribution in [-0.4, -0.2) is 66.6 Å². The van der Waals surface area contributed by atoms with Crippen LogP contribution in [0.15, 0.2) is 24.3 Å². The number of hydrogen-bond acceptors (Lipinski definition) is 5. The smallest absolute Gasteiger partial charge is 0.423 e. The molecule has 6 heteroatoms. The largest absolute Gasteiger partial charge is 0.491 e. The molecule has 1 aliphatic heterocycles. The van der Waals surface area contributed by atoms with Gasteiger partial charge in [0.25, 0.3) is 0 Å². The van der Waals surface area contributed by atoms with Gasteiger partial charge >= 0.3 is 7.12 Å². The van der Waals surface area contributed by atoms with Crippen LogP contribution in [0.4, 0.5) is 5.69 Å². The van der Waals surface area contributed by atoms with E-state index >= 15 is 0 Å². The lowest BCUT2D eigenvalue weighted by atomic mass is 9.76. The Balaban J connectivity index is 2.10. The number of anilines is 1. The zero-order chi connectivity index (χ0) is 17.3. The van der Waals surface area contributed by atoms with Gasteiger partial charge in [0.15, 0.2) is 0 Å². The van der Waals surface area contributed by atoms with Gasteiger partial charge < -0.3 is 24.6 Å². The van der Waals surface area contributed by atoms with Gasteiger partial charge in [-0.05, 0) is 52.3 Å². The molecule has 0 saturated carbocycles. The summed E-state index contributed by atoms with van der Waals surface area (Å²) in [6, 6.07) is 7.82. The highest BCUT2D eigenvalue weighted by atomic mass is 16.5. The minimum absolute atomic E-state index is 0.707. The number of benzene rings is 1. The van der Waals surface area contributed by atoms with E-state index in [9.17, 15) is 10.1 Å². The number of piperazine rings is 1. The van der Waals surface area contributed by atoms with Crippen molar-refractivity contribution in [2.24, 2.45) is 0 Å². The van der Waals surface area contributed by atoms with E-state index in [2.05, 4.69) is 22.9 Å². The standard InChI is InChI=1S/C17H29BN2O3/c1-16(2,21)17(3,4)23-18(22)14-7-6-8-15(13-14)20-11-9-19(5)10-12-20/h6-8,13,21-22H,9-12H2,1-5H3. The molecule has 2 N–H and O–H groups in total. The minimum Gasteiger partial charge on any atom is -0.423 e. The van der Waals surface area contributed by atoms with Gasteiger partial charge in [-0.2, -0.15) is 0 Å². The molecule has 1 aliphatic rings. The number of hydrogen-bond donors (Lipinski definition) is 2. The molecule has 23 heavy (non-hydrogen) atoms. The van der Waals surface area contributed by atoms with Crippen molar-refractivity contribution < 1.29 is 14.8 Å². The Morgan fingerprint density at radius 3 is 2.26 bits per heavy atom. The van der Waals surface area contributed by atoms with Gasteiger partial charge in [-0.15, -0.1) is 0 Å². The van der Waals surface area contributed by atoms with Crippen molar-refractivity contribution in [3.63, 3.8) is 0 Å². The monoisotopic (exact) mass is 320 g/mol. The van der Waals surface area contributed by atoms with Crippen molar-refractivity contribution >= 4 is 18.3 Å². The van der Waals surface area contributed by atoms with Crippen molar-refractivity contribution in [2.75, 3.05) is 38.1 Å². The first-order chi connectivity index (χ1) is 10.6. The molecule has 0 unspecified atom stereocenters. The molecule has 1 saturated heterocycles. The van der Waals surface area contributed by atoms with Crippen LogP contribution in [0.25, 0.3) is 0 Å². The van der Waals surface area contributed by atoms with Crippen LogP contribution in [0, 0.1) is 0 Å². The van der Waals surface area contributed by atoms with E-state index in [0.717, 1.165) is 31.9 Å². The van der Waals surface area contributed by atoms with Crippen molar-refractivity contribution in [1.29, 1.82) is 0 Å². The van der Waals surface area contributed by atoms with Crippen molar-refractivity contribution in [1.82, 2.24) is 4.90 Å². The molecular weight excluding hydrogens is 291 g/mol. The topological polar surface area (TPSA) is 56.2 Å². The lowest BCUT2D eigenvalue weighted by molar-refractivity contribution is -0.0982. The molecule has 0 radical (unpaired) electrons. The molecule has 0 atom stereocenters. The Morgan fingerprint density at radius 1 is 1.09 bits per heavy atom. The Bertz CT molecular complexity index is 523. The van der Waals surface area contributed by atoms with Crippen molar-refractivity contribution in [3.05, 3.63) is 24.3 Å². The van der Waals surface area contributed by atoms with E-state index in [1.807, 2.05) is 18.2 Å². The fraction of sp³-hybridized carbons (Fsp3) is 0.647. The van der Waals surface area contributed by atoms with Gasteiger partial charge in [0.05, 0.1) is 11.2 Å². The molecule has 0 bridgehead atoms. The Labute approximate surface area is 140 Å². The van der Waals surface area contributed by atoms with Crippen molar-refractivity contribution in [3.8, 4) is 0 Å². The summed E-state index contributed by atoms with van der Waals surface area (Å²) in [5.41, 5.74) is -0.114. The maximum Gasteiger partial charge on any atom is 0.491 e. The zero-order valence-electron chi connectivity index (χ0n) is 14.9. The summed E-state index contributed by atoms with van der Waals surface area (Å²) in [6.45, 7) is 10.9. The van der Waals surface area contributed by atoms with Gasteiger partial charge in [-0.3, -0.25) is 0 Å². The molecule has 5 nitrogen and oxygen atoms in total. The number of nitrogens with zero attached hydrogens (tertiary/aromatic N) is 2. The quantitative estimate of drug-likeness (QED) is 0.782. The second kappa shape index (κ2) is 6.81. The third kappa shape index (κ3) is 4.47. The van der Waals surface area contributed by atoms with Gasteiger partial charge in [0.1, 0.15) is 0 Å². The summed E-state index contributed by atoms with van der Waals surface area (Å²) in [5, 5.41) is 20.6. The second-order valence-electron chi connectivity index (χ2n) is 7.42. The molecule has 0 aromatic heterocycles. The summed E-state index contributed by atoms with van der Waals surface area (Å²) in [6.07, 6.45) is 0. The van der Waals surface area contributed by atoms with E-state index in [4.69, 9.17) is 4.65 Å². The maximum atomic E-state index is 10.4. The zero-order valence-corrected chi connectivity index (χ0v) is 14.9. The molecule has 1 heterocycles. The molecule has 128 valence electrons. The van der Waals surface area contributed by atoms with Gasteiger partial charge in [0, 0.05) is 31.9 Å². The number of aliphatic hydroxyl groups is 1. The van der Waals surface area contributed by atoms with Gasteiger partial charge in [-0.1, -0.05) is 12.1 Å². The van der Waals surface area contributed by atoms with Crippen LogP contribution < -0.4 is 10.4 Å². The third-order valence-corrected chi connectivity index (χ3v) is 4.90. The summed E-state index contributed by atoms with van der Waals surface area (Å²) in [4.78, 5) is 4.63. The fourth-order valence-corrected chi connectivity index (χ4v) is 2.43. The van der Waals surface area contributed by atoms with Crippen LogP contribution in [0.2, 0.25) is 0 Å². The first-order valence-corrected chi connectivity index (χ1v) is 8.22. The van der Waals surface area contributed by atoms with Gasteiger partial charge in [0.2, 0.25) is 0 Å². The Hall–Kier alpha value is -1.08. The lowest BCUT2D eigenvalue weighted by Gasteiger charge is -2.38. The van der Waals surface area contributed by atoms with E-state index in [1.165, 1.54) is 0 Å². The highest BCUT2D eigenvalue weighted by molar-refractivity contribution is 6.60. The average Bonchev–Trinajstić information content (AvgIpc) is 2.46. The molecule has 2 rings (SSSR count). The number of likely N-dealkylation sites (N-methyl/N-ethyl adjacent to an activating group) is 1. The minimum atomic E-state index is -1.07. The van der Waals surface area contributed by atoms with E-state index in [1.54, 1.807) is 27.7 Å². The molecule has 0 aliphatic carbocycles. The summed E-state index contributed by atoms with van der Waals surface area (Å²) in [7, 11) is 1.06. The third-order valence-electron chi connectivity index (χ3n) is 4.90. The first-order valence-electron chi connectivity index (χ1n) is 8.22. The fourth-order valence-electron chi connectivity index (χ4n) is 2.43. The molecule has 1 aromatic rings. The van der Waals surface area contributed by atoms with Crippen LogP contribution in [0.3, 0.4) is 0 Å². The van der Waals surface area contributed by atoms with Crippen LogP contribution in [0.1, 0.15) is 27.7 Å². The SMILES string of the molecule is CN1CCN(c2cccc(B(O)OC(C)(C)C(C)(C)O)c2)CC1.